The first-order valence-electron chi connectivity index (χ1n) is 13.4. The Kier molecular flexibility index (Phi) is 5.74. The molecular weight excluding hydrogens is 555 g/mol. The molecule has 8 rings (SSSR count). The lowest BCUT2D eigenvalue weighted by Crippen LogP contribution is -2.54. The van der Waals surface area contributed by atoms with Crippen LogP contribution < -0.4 is 10.3 Å². The van der Waals surface area contributed by atoms with Gasteiger partial charge in [-0.25, -0.2) is 14.7 Å². The molecule has 0 unspecified atom stereocenters. The number of phenols is 1. The maximum Gasteiger partial charge on any atom is 0.275 e. The maximum absolute atomic E-state index is 14.3. The summed E-state index contributed by atoms with van der Waals surface area (Å²) in [6.07, 6.45) is 1.43. The topological polar surface area (TPSA) is 142 Å². The van der Waals surface area contributed by atoms with Gasteiger partial charge in [0.05, 0.1) is 33.4 Å². The third kappa shape index (κ3) is 3.64. The highest BCUT2D eigenvalue weighted by Crippen LogP contribution is 2.63. The average Bonchev–Trinajstić information content (AvgIpc) is 3.28. The van der Waals surface area contributed by atoms with Crippen molar-refractivity contribution in [3.05, 3.63) is 135 Å². The summed E-state index contributed by atoms with van der Waals surface area (Å²) < 4.78 is 13.7. The molecule has 4 aromatic carbocycles. The highest BCUT2D eigenvalue weighted by atomic mass is 19.1. The number of anilines is 1. The number of halogens is 1. The average molecular weight is 577 g/mol. The Morgan fingerprint density at radius 2 is 1.58 bits per heavy atom. The van der Waals surface area contributed by atoms with Gasteiger partial charge < -0.3 is 5.11 Å². The quantitative estimate of drug-likeness (QED) is 0.156. The van der Waals surface area contributed by atoms with Gasteiger partial charge in [0.25, 0.3) is 11.6 Å². The number of hydrazone groups is 1. The summed E-state index contributed by atoms with van der Waals surface area (Å²) in [6, 6.07) is 23.1. The Bertz CT molecular complexity index is 1860. The van der Waals surface area contributed by atoms with Crippen molar-refractivity contribution in [1.82, 2.24) is 5.43 Å². The van der Waals surface area contributed by atoms with E-state index in [1.807, 2.05) is 48.5 Å². The largest absolute Gasteiger partial charge is 0.507 e. The number of hydrogen-bond donors (Lipinski definition) is 2. The molecule has 212 valence electrons. The number of amides is 3. The van der Waals surface area contributed by atoms with Crippen molar-refractivity contribution >= 4 is 35.3 Å². The van der Waals surface area contributed by atoms with Crippen LogP contribution in [0.5, 0.6) is 5.75 Å². The lowest BCUT2D eigenvalue weighted by Gasteiger charge is -2.52. The van der Waals surface area contributed by atoms with E-state index < -0.39 is 63.1 Å². The van der Waals surface area contributed by atoms with Gasteiger partial charge >= 0.3 is 0 Å². The van der Waals surface area contributed by atoms with Crippen molar-refractivity contribution in [2.24, 2.45) is 16.9 Å². The fraction of sp³-hybridized carbons (Fsp3) is 0.125. The van der Waals surface area contributed by atoms with E-state index in [1.54, 1.807) is 0 Å². The molecule has 10 nitrogen and oxygen atoms in total. The second kappa shape index (κ2) is 9.41. The first kappa shape index (κ1) is 26.2. The number of nitrogens with zero attached hydrogens (tertiary/aromatic N) is 3. The Labute approximate surface area is 243 Å². The molecule has 1 aliphatic heterocycles. The van der Waals surface area contributed by atoms with Crippen LogP contribution in [0.2, 0.25) is 0 Å². The van der Waals surface area contributed by atoms with Gasteiger partial charge in [0, 0.05) is 24.3 Å². The molecule has 11 heteroatoms. The molecular formula is C32H21FN4O6. The van der Waals surface area contributed by atoms with Gasteiger partial charge in [0.15, 0.2) is 0 Å². The normalized spacial score (nSPS) is 23.2. The van der Waals surface area contributed by atoms with Gasteiger partial charge in [-0.1, -0.05) is 48.5 Å². The van der Waals surface area contributed by atoms with E-state index in [4.69, 9.17) is 0 Å². The predicted molar refractivity (Wildman–Crippen MR) is 152 cm³/mol. The lowest BCUT2D eigenvalue weighted by atomic mass is 9.47. The molecule has 4 aliphatic rings. The van der Waals surface area contributed by atoms with Crippen LogP contribution in [-0.2, 0) is 15.0 Å². The third-order valence-electron chi connectivity index (χ3n) is 8.64. The Balaban J connectivity index is 1.37. The van der Waals surface area contributed by atoms with Crippen molar-refractivity contribution in [3.63, 3.8) is 0 Å². The molecule has 0 aromatic heterocycles. The van der Waals surface area contributed by atoms with Crippen LogP contribution in [0.1, 0.15) is 38.5 Å². The number of carbonyl (C=O) groups excluding carboxylic acids is 3. The summed E-state index contributed by atoms with van der Waals surface area (Å²) in [5, 5.41) is 25.7. The van der Waals surface area contributed by atoms with E-state index >= 15 is 0 Å². The number of benzene rings is 4. The number of rotatable bonds is 5. The number of non-ortho nitro benzene ring substituents is 1. The molecule has 3 amide bonds. The van der Waals surface area contributed by atoms with Crippen molar-refractivity contribution in [1.29, 1.82) is 0 Å². The van der Waals surface area contributed by atoms with Crippen molar-refractivity contribution in [2.45, 2.75) is 11.3 Å². The number of aromatic hydroxyl groups is 1. The number of hydrogen-bond acceptors (Lipinski definition) is 7. The molecule has 4 aromatic rings. The second-order valence-corrected chi connectivity index (χ2v) is 10.7. The zero-order chi connectivity index (χ0) is 30.0. The molecule has 2 bridgehead atoms. The van der Waals surface area contributed by atoms with Crippen molar-refractivity contribution in [3.8, 4) is 5.75 Å². The van der Waals surface area contributed by atoms with Crippen LogP contribution in [0.15, 0.2) is 96.1 Å². The highest BCUT2D eigenvalue weighted by molar-refractivity contribution is 6.25. The summed E-state index contributed by atoms with van der Waals surface area (Å²) in [7, 11) is 0. The number of nitrogens with one attached hydrogen (secondary N) is 1. The summed E-state index contributed by atoms with van der Waals surface area (Å²) >= 11 is 0. The van der Waals surface area contributed by atoms with E-state index in [9.17, 15) is 34.0 Å². The number of nitro benzene ring substituents is 1. The zero-order valence-corrected chi connectivity index (χ0v) is 22.2. The van der Waals surface area contributed by atoms with Gasteiger partial charge in [0.1, 0.15) is 11.6 Å². The fourth-order valence-electron chi connectivity index (χ4n) is 6.97. The van der Waals surface area contributed by atoms with Gasteiger partial charge in [-0.2, -0.15) is 5.10 Å². The van der Waals surface area contributed by atoms with Gasteiger partial charge in [-0.15, -0.1) is 0 Å². The van der Waals surface area contributed by atoms with Crippen molar-refractivity contribution < 1.29 is 28.8 Å². The molecule has 1 heterocycles. The molecule has 2 atom stereocenters. The number of carbonyl (C=O) groups is 3. The van der Waals surface area contributed by atoms with Crippen LogP contribution in [0.4, 0.5) is 15.8 Å². The number of nitro groups is 1. The molecule has 1 fully saturated rings. The van der Waals surface area contributed by atoms with E-state index in [0.29, 0.717) is 0 Å². The van der Waals surface area contributed by atoms with E-state index in [0.717, 1.165) is 45.4 Å². The first-order valence-corrected chi connectivity index (χ1v) is 13.4. The minimum Gasteiger partial charge on any atom is -0.507 e. The lowest BCUT2D eigenvalue weighted by molar-refractivity contribution is -0.384. The number of imide groups is 1. The highest BCUT2D eigenvalue weighted by Gasteiger charge is 2.68. The van der Waals surface area contributed by atoms with Gasteiger partial charge in [-0.05, 0) is 52.6 Å². The maximum atomic E-state index is 14.3. The molecule has 2 N–H and O–H groups in total. The monoisotopic (exact) mass is 576 g/mol. The molecule has 0 spiro atoms. The molecule has 0 saturated carbocycles. The molecule has 43 heavy (non-hydrogen) atoms. The van der Waals surface area contributed by atoms with Crippen molar-refractivity contribution in [2.75, 3.05) is 4.90 Å². The van der Waals surface area contributed by atoms with E-state index in [2.05, 4.69) is 10.5 Å². The van der Waals surface area contributed by atoms with Crippen LogP contribution in [0.3, 0.4) is 0 Å². The van der Waals surface area contributed by atoms with Crippen LogP contribution >= 0.6 is 0 Å². The molecule has 1 saturated heterocycles. The fourth-order valence-corrected chi connectivity index (χ4v) is 6.97. The SMILES string of the molecule is O=C(N/N=C\C12c3ccccc3C(c3ccccc31)[C@@H]1C(=O)N(c3ccc(F)cc3)C(=O)[C@H]12)c1cc([N+](=O)[O-])ccc1O. The van der Waals surface area contributed by atoms with Crippen LogP contribution in [-0.4, -0.2) is 34.0 Å². The Morgan fingerprint density at radius 1 is 0.953 bits per heavy atom. The standard InChI is InChI=1S/C32H21FN4O6/c33-17-9-11-18(12-10-17)36-30(40)27-26-20-5-1-3-7-23(20)32(28(27)31(36)41,24-8-4-2-6-21(24)26)16-34-35-29(39)22-15-19(37(42)43)13-14-25(22)38/h1-16,26-28,38H,(H,35,39)/b34-16-/t26?,27-,28-,32?/m0/s1. The summed E-state index contributed by atoms with van der Waals surface area (Å²) in [4.78, 5) is 53.0. The molecule has 3 aliphatic carbocycles. The van der Waals surface area contributed by atoms with Crippen LogP contribution in [0.25, 0.3) is 0 Å². The second-order valence-electron chi connectivity index (χ2n) is 10.7. The van der Waals surface area contributed by atoms with E-state index in [-0.39, 0.29) is 11.3 Å². The Hall–Kier alpha value is -5.71. The third-order valence-corrected chi connectivity index (χ3v) is 8.64. The summed E-state index contributed by atoms with van der Waals surface area (Å²) in [6.45, 7) is 0. The number of phenolic OH excluding ortho intramolecular Hbond substituents is 1. The van der Waals surface area contributed by atoms with Crippen LogP contribution in [0, 0.1) is 27.8 Å². The van der Waals surface area contributed by atoms with Gasteiger partial charge in [-0.3, -0.25) is 24.5 Å². The smallest absolute Gasteiger partial charge is 0.275 e. The first-order chi connectivity index (χ1) is 20.7. The van der Waals surface area contributed by atoms with E-state index in [1.165, 1.54) is 30.5 Å². The minimum atomic E-state index is -1.29. The minimum absolute atomic E-state index is 0.250. The zero-order valence-electron chi connectivity index (χ0n) is 22.2. The Morgan fingerprint density at radius 3 is 2.21 bits per heavy atom. The molecule has 0 radical (unpaired) electrons. The van der Waals surface area contributed by atoms with Gasteiger partial charge in [0.2, 0.25) is 11.8 Å². The summed E-state index contributed by atoms with van der Waals surface area (Å²) in [5.74, 6) is -4.95. The predicted octanol–water partition coefficient (Wildman–Crippen LogP) is 4.41. The summed E-state index contributed by atoms with van der Waals surface area (Å²) in [5.41, 5.74) is 3.75.